The maximum atomic E-state index is 13.2. The molecule has 0 aliphatic heterocycles. The molecule has 0 aromatic heterocycles. The fraction of sp³-hybridized carbons (Fsp3) is 0.500. The molecule has 0 aliphatic rings. The summed E-state index contributed by atoms with van der Waals surface area (Å²) in [4.78, 5) is 14.0. The zero-order valence-corrected chi connectivity index (χ0v) is 11.8. The second kappa shape index (κ2) is 7.21. The molecule has 1 unspecified atom stereocenters. The fourth-order valence-corrected chi connectivity index (χ4v) is 1.73. The lowest BCUT2D eigenvalue weighted by atomic mass is 10.1. The standard InChI is InChI=1S/C14H20FNO3/c1-10(9-18-3)16(2)8-13(17)12-7-11(15)5-6-14(12)19-4/h5-7,10H,8-9H2,1-4H3. The van der Waals surface area contributed by atoms with E-state index in [1.54, 1.807) is 7.11 Å². The second-order valence-corrected chi connectivity index (χ2v) is 4.49. The Morgan fingerprint density at radius 1 is 1.42 bits per heavy atom. The fourth-order valence-electron chi connectivity index (χ4n) is 1.73. The molecule has 4 nitrogen and oxygen atoms in total. The van der Waals surface area contributed by atoms with Crippen LogP contribution in [0.1, 0.15) is 17.3 Å². The summed E-state index contributed by atoms with van der Waals surface area (Å²) < 4.78 is 23.3. The van der Waals surface area contributed by atoms with Gasteiger partial charge in [-0.25, -0.2) is 4.39 Å². The van der Waals surface area contributed by atoms with E-state index in [4.69, 9.17) is 9.47 Å². The Bertz CT molecular complexity index is 437. The Kier molecular flexibility index (Phi) is 5.92. The maximum Gasteiger partial charge on any atom is 0.180 e. The van der Waals surface area contributed by atoms with E-state index in [0.29, 0.717) is 12.4 Å². The minimum Gasteiger partial charge on any atom is -0.496 e. The van der Waals surface area contributed by atoms with Crippen LogP contribution in [0.4, 0.5) is 4.39 Å². The molecule has 0 N–H and O–H groups in total. The monoisotopic (exact) mass is 269 g/mol. The van der Waals surface area contributed by atoms with Crippen molar-refractivity contribution in [3.05, 3.63) is 29.6 Å². The van der Waals surface area contributed by atoms with Crippen LogP contribution in [-0.2, 0) is 4.74 Å². The van der Waals surface area contributed by atoms with E-state index in [0.717, 1.165) is 0 Å². The molecular formula is C14H20FNO3. The van der Waals surface area contributed by atoms with Gasteiger partial charge in [0.1, 0.15) is 11.6 Å². The molecule has 1 atom stereocenters. The van der Waals surface area contributed by atoms with Crippen LogP contribution in [0.3, 0.4) is 0 Å². The number of likely N-dealkylation sites (N-methyl/N-ethyl adjacent to an activating group) is 1. The molecule has 0 saturated heterocycles. The van der Waals surface area contributed by atoms with Crippen LogP contribution in [0, 0.1) is 5.82 Å². The van der Waals surface area contributed by atoms with Crippen LogP contribution in [0.2, 0.25) is 0 Å². The van der Waals surface area contributed by atoms with Gasteiger partial charge in [0.05, 0.1) is 25.8 Å². The summed E-state index contributed by atoms with van der Waals surface area (Å²) in [6.07, 6.45) is 0. The Labute approximate surface area is 113 Å². The Hall–Kier alpha value is -1.46. The number of hydrogen-bond acceptors (Lipinski definition) is 4. The lowest BCUT2D eigenvalue weighted by molar-refractivity contribution is 0.0838. The zero-order chi connectivity index (χ0) is 14.4. The van der Waals surface area contributed by atoms with Crippen molar-refractivity contribution in [3.8, 4) is 5.75 Å². The van der Waals surface area contributed by atoms with E-state index < -0.39 is 5.82 Å². The molecule has 1 rings (SSSR count). The lowest BCUT2D eigenvalue weighted by Gasteiger charge is -2.23. The maximum absolute atomic E-state index is 13.2. The molecule has 0 heterocycles. The summed E-state index contributed by atoms with van der Waals surface area (Å²) >= 11 is 0. The molecule has 1 aromatic carbocycles. The predicted octanol–water partition coefficient (Wildman–Crippen LogP) is 1.98. The third-order valence-corrected chi connectivity index (χ3v) is 3.02. The van der Waals surface area contributed by atoms with Crippen LogP contribution in [0.15, 0.2) is 18.2 Å². The highest BCUT2D eigenvalue weighted by molar-refractivity contribution is 6.00. The zero-order valence-electron chi connectivity index (χ0n) is 11.8. The lowest BCUT2D eigenvalue weighted by Crippen LogP contribution is -2.36. The van der Waals surface area contributed by atoms with Gasteiger partial charge in [0.25, 0.3) is 0 Å². The highest BCUT2D eigenvalue weighted by Crippen LogP contribution is 2.20. The molecule has 19 heavy (non-hydrogen) atoms. The number of ether oxygens (including phenoxy) is 2. The quantitative estimate of drug-likeness (QED) is 0.710. The van der Waals surface area contributed by atoms with E-state index in [-0.39, 0.29) is 23.9 Å². The molecule has 0 aliphatic carbocycles. The third-order valence-electron chi connectivity index (χ3n) is 3.02. The van der Waals surface area contributed by atoms with Gasteiger partial charge in [-0.05, 0) is 32.2 Å². The SMILES string of the molecule is COCC(C)N(C)CC(=O)c1cc(F)ccc1OC. The van der Waals surface area contributed by atoms with Crippen LogP contribution in [-0.4, -0.2) is 51.1 Å². The van der Waals surface area contributed by atoms with Crippen LogP contribution in [0.25, 0.3) is 0 Å². The summed E-state index contributed by atoms with van der Waals surface area (Å²) in [6.45, 7) is 2.67. The minimum atomic E-state index is -0.447. The minimum absolute atomic E-state index is 0.105. The van der Waals surface area contributed by atoms with Crippen molar-refractivity contribution in [1.82, 2.24) is 4.90 Å². The number of Topliss-reactive ketones (excluding diaryl/α,β-unsaturated/α-hetero) is 1. The first-order chi connectivity index (χ1) is 8.99. The van der Waals surface area contributed by atoms with Gasteiger partial charge in [0.2, 0.25) is 0 Å². The second-order valence-electron chi connectivity index (χ2n) is 4.49. The van der Waals surface area contributed by atoms with Gasteiger partial charge in [-0.1, -0.05) is 0 Å². The number of nitrogens with zero attached hydrogens (tertiary/aromatic N) is 1. The van der Waals surface area contributed by atoms with Crippen molar-refractivity contribution in [2.24, 2.45) is 0 Å². The molecule has 0 saturated carbocycles. The summed E-state index contributed by atoms with van der Waals surface area (Å²) in [5, 5.41) is 0. The number of carbonyl (C=O) groups excluding carboxylic acids is 1. The first-order valence-corrected chi connectivity index (χ1v) is 6.05. The first-order valence-electron chi connectivity index (χ1n) is 6.05. The predicted molar refractivity (Wildman–Crippen MR) is 71.3 cm³/mol. The molecule has 5 heteroatoms. The molecule has 0 bridgehead atoms. The van der Waals surface area contributed by atoms with Crippen molar-refractivity contribution < 1.29 is 18.7 Å². The van der Waals surface area contributed by atoms with Crippen molar-refractivity contribution in [2.45, 2.75) is 13.0 Å². The highest BCUT2D eigenvalue weighted by atomic mass is 19.1. The number of benzene rings is 1. The average Bonchev–Trinajstić information content (AvgIpc) is 2.38. The Morgan fingerprint density at radius 3 is 2.68 bits per heavy atom. The van der Waals surface area contributed by atoms with E-state index >= 15 is 0 Å². The summed E-state index contributed by atoms with van der Waals surface area (Å²) in [5.74, 6) is -0.238. The summed E-state index contributed by atoms with van der Waals surface area (Å²) in [7, 11) is 4.90. The number of methoxy groups -OCH3 is 2. The number of hydrogen-bond donors (Lipinski definition) is 0. The molecule has 0 amide bonds. The number of ketones is 1. The molecule has 0 radical (unpaired) electrons. The van der Waals surface area contributed by atoms with Gasteiger partial charge >= 0.3 is 0 Å². The van der Waals surface area contributed by atoms with Crippen LogP contribution < -0.4 is 4.74 Å². The van der Waals surface area contributed by atoms with E-state index in [2.05, 4.69) is 0 Å². The molecule has 106 valence electrons. The van der Waals surface area contributed by atoms with Crippen molar-refractivity contribution >= 4 is 5.78 Å². The summed E-state index contributed by atoms with van der Waals surface area (Å²) in [5.41, 5.74) is 0.263. The van der Waals surface area contributed by atoms with E-state index in [1.165, 1.54) is 25.3 Å². The summed E-state index contributed by atoms with van der Waals surface area (Å²) in [6, 6.07) is 4.04. The van der Waals surface area contributed by atoms with Gasteiger partial charge in [-0.3, -0.25) is 9.69 Å². The smallest absolute Gasteiger partial charge is 0.180 e. The average molecular weight is 269 g/mol. The Morgan fingerprint density at radius 2 is 2.11 bits per heavy atom. The topological polar surface area (TPSA) is 38.8 Å². The van der Waals surface area contributed by atoms with Crippen LogP contribution >= 0.6 is 0 Å². The normalized spacial score (nSPS) is 12.5. The highest BCUT2D eigenvalue weighted by Gasteiger charge is 2.18. The first kappa shape index (κ1) is 15.6. The molecular weight excluding hydrogens is 249 g/mol. The van der Waals surface area contributed by atoms with Gasteiger partial charge in [0.15, 0.2) is 5.78 Å². The largest absolute Gasteiger partial charge is 0.496 e. The van der Waals surface area contributed by atoms with Crippen molar-refractivity contribution in [3.63, 3.8) is 0 Å². The van der Waals surface area contributed by atoms with Gasteiger partial charge < -0.3 is 9.47 Å². The third kappa shape index (κ3) is 4.29. The van der Waals surface area contributed by atoms with Gasteiger partial charge in [-0.15, -0.1) is 0 Å². The van der Waals surface area contributed by atoms with Crippen molar-refractivity contribution in [1.29, 1.82) is 0 Å². The molecule has 0 spiro atoms. The van der Waals surface area contributed by atoms with Gasteiger partial charge in [0, 0.05) is 13.2 Å². The van der Waals surface area contributed by atoms with Crippen LogP contribution in [0.5, 0.6) is 5.75 Å². The van der Waals surface area contributed by atoms with Gasteiger partial charge in [-0.2, -0.15) is 0 Å². The Balaban J connectivity index is 2.80. The molecule has 0 fully saturated rings. The molecule has 1 aromatic rings. The number of rotatable bonds is 7. The number of carbonyl (C=O) groups is 1. The van der Waals surface area contributed by atoms with E-state index in [1.807, 2.05) is 18.9 Å². The van der Waals surface area contributed by atoms with E-state index in [9.17, 15) is 9.18 Å². The van der Waals surface area contributed by atoms with Crippen molar-refractivity contribution in [2.75, 3.05) is 34.4 Å². The number of halogens is 1.